The van der Waals surface area contributed by atoms with Gasteiger partial charge in [-0.05, 0) is 13.8 Å². The van der Waals surface area contributed by atoms with Crippen molar-refractivity contribution >= 4 is 23.4 Å². The molecule has 1 amide bonds. The molecule has 1 N–H and O–H groups in total. The Bertz CT molecular complexity index is 605. The Morgan fingerprint density at radius 2 is 1.90 bits per heavy atom. The van der Waals surface area contributed by atoms with Crippen LogP contribution >= 0.6 is 0 Å². The van der Waals surface area contributed by atoms with Crippen molar-refractivity contribution in [2.45, 2.75) is 32.8 Å². The van der Waals surface area contributed by atoms with Crippen LogP contribution in [0.5, 0.6) is 0 Å². The lowest BCUT2D eigenvalue weighted by atomic mass is 10.1. The Labute approximate surface area is 122 Å². The maximum Gasteiger partial charge on any atom is 0.355 e. The summed E-state index contributed by atoms with van der Waals surface area (Å²) in [6.45, 7) is 3.44. The van der Waals surface area contributed by atoms with Crippen molar-refractivity contribution in [3.63, 3.8) is 0 Å². The van der Waals surface area contributed by atoms with E-state index in [2.05, 4.69) is 10.5 Å². The maximum absolute atomic E-state index is 12.1. The van der Waals surface area contributed by atoms with Gasteiger partial charge in [-0.2, -0.15) is 5.10 Å². The third kappa shape index (κ3) is 3.75. The normalized spacial score (nSPS) is 15.7. The minimum atomic E-state index is -0.902. The van der Waals surface area contributed by atoms with Crippen LogP contribution in [0.4, 0.5) is 0 Å². The van der Waals surface area contributed by atoms with Gasteiger partial charge in [0, 0.05) is 18.4 Å². The first-order chi connectivity index (χ1) is 9.97. The summed E-state index contributed by atoms with van der Waals surface area (Å²) in [7, 11) is 0. The number of ketones is 1. The number of Topliss-reactive ketones (excluding diaryl/α,β-unsaturated/α-hetero) is 1. The molecule has 0 aromatic heterocycles. The van der Waals surface area contributed by atoms with Crippen molar-refractivity contribution in [1.82, 2.24) is 5.43 Å². The highest BCUT2D eigenvalue weighted by atomic mass is 16.5. The molecule has 0 unspecified atom stereocenters. The van der Waals surface area contributed by atoms with Crippen LogP contribution in [0.1, 0.15) is 35.7 Å². The van der Waals surface area contributed by atoms with Crippen LogP contribution in [0, 0.1) is 6.92 Å². The average Bonchev–Trinajstić information content (AvgIpc) is 2.47. The van der Waals surface area contributed by atoms with Gasteiger partial charge in [0.15, 0.2) is 6.10 Å². The molecule has 0 fully saturated rings. The number of carbonyl (C=O) groups is 3. The fourth-order valence-corrected chi connectivity index (χ4v) is 1.86. The quantitative estimate of drug-likeness (QED) is 0.670. The minimum Gasteiger partial charge on any atom is -0.450 e. The van der Waals surface area contributed by atoms with E-state index < -0.39 is 12.1 Å². The standard InChI is InChI=1S/C15H16N2O4/c1-9-3-5-11(6-4-9)14(19)10(2)21-15(20)12-7-8-13(18)17-16-12/h3-6,10H,7-8H2,1-2H3,(H,17,18)/t10-/m1/s1. The number of hydrogen-bond acceptors (Lipinski definition) is 5. The van der Waals surface area contributed by atoms with Crippen LogP contribution in [-0.4, -0.2) is 29.5 Å². The summed E-state index contributed by atoms with van der Waals surface area (Å²) in [5.74, 6) is -1.19. The fourth-order valence-electron chi connectivity index (χ4n) is 1.86. The second kappa shape index (κ2) is 6.30. The van der Waals surface area contributed by atoms with E-state index >= 15 is 0 Å². The number of esters is 1. The van der Waals surface area contributed by atoms with Gasteiger partial charge in [0.1, 0.15) is 5.71 Å². The number of benzene rings is 1. The molecule has 21 heavy (non-hydrogen) atoms. The smallest absolute Gasteiger partial charge is 0.355 e. The van der Waals surface area contributed by atoms with Crippen molar-refractivity contribution in [2.75, 3.05) is 0 Å². The van der Waals surface area contributed by atoms with Crippen LogP contribution in [-0.2, 0) is 14.3 Å². The first kappa shape index (κ1) is 14.9. The fraction of sp³-hybridized carbons (Fsp3) is 0.333. The Kier molecular flexibility index (Phi) is 4.47. The molecule has 0 bridgehead atoms. The molecule has 6 nitrogen and oxygen atoms in total. The third-order valence-electron chi connectivity index (χ3n) is 3.13. The van der Waals surface area contributed by atoms with E-state index in [9.17, 15) is 14.4 Å². The predicted molar refractivity (Wildman–Crippen MR) is 75.9 cm³/mol. The highest BCUT2D eigenvalue weighted by Crippen LogP contribution is 2.10. The zero-order valence-electron chi connectivity index (χ0n) is 11.9. The number of rotatable bonds is 4. The summed E-state index contributed by atoms with van der Waals surface area (Å²) < 4.78 is 5.10. The molecular weight excluding hydrogens is 272 g/mol. The van der Waals surface area contributed by atoms with Crippen LogP contribution in [0.25, 0.3) is 0 Å². The lowest BCUT2D eigenvalue weighted by Gasteiger charge is -2.15. The maximum atomic E-state index is 12.1. The SMILES string of the molecule is Cc1ccc(C(=O)[C@@H](C)OC(=O)C2=NNC(=O)CC2)cc1. The Morgan fingerprint density at radius 3 is 2.48 bits per heavy atom. The highest BCUT2D eigenvalue weighted by molar-refractivity contribution is 6.37. The van der Waals surface area contributed by atoms with E-state index in [1.807, 2.05) is 19.1 Å². The molecule has 1 aromatic carbocycles. The summed E-state index contributed by atoms with van der Waals surface area (Å²) >= 11 is 0. The number of ether oxygens (including phenoxy) is 1. The summed E-state index contributed by atoms with van der Waals surface area (Å²) in [6, 6.07) is 7.03. The minimum absolute atomic E-state index is 0.123. The molecule has 1 aliphatic rings. The van der Waals surface area contributed by atoms with Gasteiger partial charge >= 0.3 is 5.97 Å². The zero-order valence-corrected chi connectivity index (χ0v) is 11.9. The van der Waals surface area contributed by atoms with Crippen molar-refractivity contribution in [3.05, 3.63) is 35.4 Å². The number of aryl methyl sites for hydroxylation is 1. The van der Waals surface area contributed by atoms with Crippen LogP contribution in [0.3, 0.4) is 0 Å². The molecule has 1 heterocycles. The summed E-state index contributed by atoms with van der Waals surface area (Å²) in [5.41, 5.74) is 3.87. The second-order valence-electron chi connectivity index (χ2n) is 4.87. The predicted octanol–water partition coefficient (Wildman–Crippen LogP) is 1.38. The van der Waals surface area contributed by atoms with Crippen molar-refractivity contribution in [3.8, 4) is 0 Å². The van der Waals surface area contributed by atoms with Gasteiger partial charge in [0.2, 0.25) is 11.7 Å². The van der Waals surface area contributed by atoms with E-state index in [0.717, 1.165) is 5.56 Å². The average molecular weight is 288 g/mol. The van der Waals surface area contributed by atoms with E-state index in [1.165, 1.54) is 6.92 Å². The number of hydrogen-bond donors (Lipinski definition) is 1. The molecule has 0 spiro atoms. The van der Waals surface area contributed by atoms with Crippen LogP contribution in [0.2, 0.25) is 0 Å². The number of amides is 1. The van der Waals surface area contributed by atoms with E-state index in [1.54, 1.807) is 12.1 Å². The molecule has 1 aromatic rings. The van der Waals surface area contributed by atoms with Gasteiger partial charge in [-0.1, -0.05) is 29.8 Å². The lowest BCUT2D eigenvalue weighted by molar-refractivity contribution is -0.138. The number of carbonyl (C=O) groups excluding carboxylic acids is 3. The largest absolute Gasteiger partial charge is 0.450 e. The molecule has 0 saturated heterocycles. The lowest BCUT2D eigenvalue weighted by Crippen LogP contribution is -2.34. The summed E-state index contributed by atoms with van der Waals surface area (Å²) in [6.07, 6.45) is -0.495. The van der Waals surface area contributed by atoms with Gasteiger partial charge in [0.05, 0.1) is 0 Å². The summed E-state index contributed by atoms with van der Waals surface area (Å²) in [5, 5.41) is 3.64. The first-order valence-corrected chi connectivity index (χ1v) is 6.64. The Balaban J connectivity index is 1.99. The number of nitrogens with zero attached hydrogens (tertiary/aromatic N) is 1. The molecular formula is C15H16N2O4. The van der Waals surface area contributed by atoms with Gasteiger partial charge in [-0.25, -0.2) is 10.2 Å². The molecule has 1 aliphatic heterocycles. The number of hydrazone groups is 1. The molecule has 1 atom stereocenters. The number of nitrogens with one attached hydrogen (secondary N) is 1. The Morgan fingerprint density at radius 1 is 1.24 bits per heavy atom. The van der Waals surface area contributed by atoms with Gasteiger partial charge in [-0.15, -0.1) is 0 Å². The second-order valence-corrected chi connectivity index (χ2v) is 4.87. The molecule has 110 valence electrons. The zero-order chi connectivity index (χ0) is 15.4. The van der Waals surface area contributed by atoms with Gasteiger partial charge < -0.3 is 4.74 Å². The first-order valence-electron chi connectivity index (χ1n) is 6.64. The molecule has 2 rings (SSSR count). The van der Waals surface area contributed by atoms with Crippen molar-refractivity contribution in [1.29, 1.82) is 0 Å². The van der Waals surface area contributed by atoms with Gasteiger partial charge in [0.25, 0.3) is 0 Å². The Hall–Kier alpha value is -2.50. The topological polar surface area (TPSA) is 84.8 Å². The molecule has 6 heteroatoms. The molecule has 0 aliphatic carbocycles. The van der Waals surface area contributed by atoms with Crippen LogP contribution < -0.4 is 5.43 Å². The van der Waals surface area contributed by atoms with E-state index in [-0.39, 0.29) is 30.2 Å². The monoisotopic (exact) mass is 288 g/mol. The highest BCUT2D eigenvalue weighted by Gasteiger charge is 2.24. The van der Waals surface area contributed by atoms with E-state index in [4.69, 9.17) is 4.74 Å². The van der Waals surface area contributed by atoms with Crippen molar-refractivity contribution < 1.29 is 19.1 Å². The van der Waals surface area contributed by atoms with Crippen LogP contribution in [0.15, 0.2) is 29.4 Å². The van der Waals surface area contributed by atoms with E-state index in [0.29, 0.717) is 5.56 Å². The summed E-state index contributed by atoms with van der Waals surface area (Å²) in [4.78, 5) is 34.9. The third-order valence-corrected chi connectivity index (χ3v) is 3.13. The molecule has 0 saturated carbocycles. The molecule has 0 radical (unpaired) electrons. The van der Waals surface area contributed by atoms with Crippen molar-refractivity contribution in [2.24, 2.45) is 5.10 Å². The van der Waals surface area contributed by atoms with Gasteiger partial charge in [-0.3, -0.25) is 9.59 Å².